The lowest BCUT2D eigenvalue weighted by atomic mass is 9.98. The third kappa shape index (κ3) is 6.11. The number of carbonyl (C=O) groups excluding carboxylic acids is 3. The molecule has 42 heavy (non-hydrogen) atoms. The lowest BCUT2D eigenvalue weighted by Crippen LogP contribution is -2.45. The molecular weight excluding hydrogens is 545 g/mol. The highest BCUT2D eigenvalue weighted by Gasteiger charge is 2.58. The van der Waals surface area contributed by atoms with Gasteiger partial charge in [-0.2, -0.15) is 4.98 Å². The maximum absolute atomic E-state index is 16.5. The van der Waals surface area contributed by atoms with Gasteiger partial charge in [-0.25, -0.2) is 18.8 Å². The number of anilines is 1. The Bertz CT molecular complexity index is 1630. The van der Waals surface area contributed by atoms with E-state index in [-0.39, 0.29) is 16.9 Å². The highest BCUT2D eigenvalue weighted by atomic mass is 19.1. The largest absolute Gasteiger partial charge is 0.459 e. The fourth-order valence-electron chi connectivity index (χ4n) is 4.54. The van der Waals surface area contributed by atoms with Gasteiger partial charge in [-0.15, -0.1) is 0 Å². The first-order valence-corrected chi connectivity index (χ1v) is 13.0. The Morgan fingerprint density at radius 1 is 0.881 bits per heavy atom. The number of halogens is 1. The van der Waals surface area contributed by atoms with Crippen molar-refractivity contribution in [2.24, 2.45) is 0 Å². The van der Waals surface area contributed by atoms with Crippen molar-refractivity contribution in [3.8, 4) is 0 Å². The number of hydrogen-bond donors (Lipinski definition) is 1. The van der Waals surface area contributed by atoms with E-state index >= 15 is 4.39 Å². The van der Waals surface area contributed by atoms with Gasteiger partial charge in [0.2, 0.25) is 0 Å². The van der Waals surface area contributed by atoms with Crippen LogP contribution in [0.2, 0.25) is 0 Å². The first-order valence-electron chi connectivity index (χ1n) is 13.0. The average Bonchev–Trinajstić information content (AvgIpc) is 3.25. The Labute approximate surface area is 239 Å². The average molecular weight is 572 g/mol. The highest BCUT2D eigenvalue weighted by molar-refractivity contribution is 6.03. The molecule has 5 rings (SSSR count). The standard InChI is InChI=1S/C31H26FN3O7/c1-31(32)25(42-28(38)22-15-9-4-10-16-22)23(19-40-27(37)21-13-7-3-8-14-21)41-29(31)35-18-17-24(34-30(35)39)33-26(36)20-11-5-2-6-12-20/h2-18,23,25,29H,19H2,1H3,(H,33,34,36,39)/t23-,25+,29?,31+/m1/s1. The number of nitrogens with one attached hydrogen (secondary N) is 1. The Morgan fingerprint density at radius 2 is 1.43 bits per heavy atom. The van der Waals surface area contributed by atoms with Crippen molar-refractivity contribution in [2.45, 2.75) is 31.0 Å². The number of rotatable bonds is 8. The van der Waals surface area contributed by atoms with E-state index < -0.39 is 54.2 Å². The Kier molecular flexibility index (Phi) is 8.21. The maximum Gasteiger partial charge on any atom is 0.351 e. The molecule has 1 aliphatic rings. The van der Waals surface area contributed by atoms with Gasteiger partial charge in [-0.05, 0) is 49.4 Å². The molecule has 0 spiro atoms. The van der Waals surface area contributed by atoms with Crippen LogP contribution < -0.4 is 11.0 Å². The van der Waals surface area contributed by atoms with Crippen LogP contribution in [0.3, 0.4) is 0 Å². The van der Waals surface area contributed by atoms with Crippen molar-refractivity contribution < 1.29 is 33.0 Å². The summed E-state index contributed by atoms with van der Waals surface area (Å²) < 4.78 is 34.2. The molecule has 0 aliphatic carbocycles. The molecule has 1 fully saturated rings. The molecular formula is C31H26FN3O7. The number of hydrogen-bond acceptors (Lipinski definition) is 8. The minimum Gasteiger partial charge on any atom is -0.459 e. The number of carbonyl (C=O) groups is 3. The van der Waals surface area contributed by atoms with Crippen LogP contribution in [0.1, 0.15) is 44.2 Å². The molecule has 3 aromatic carbocycles. The number of esters is 2. The summed E-state index contributed by atoms with van der Waals surface area (Å²) in [6.45, 7) is 0.654. The van der Waals surface area contributed by atoms with Crippen molar-refractivity contribution >= 4 is 23.7 Å². The molecule has 1 aliphatic heterocycles. The van der Waals surface area contributed by atoms with E-state index in [1.807, 2.05) is 0 Å². The van der Waals surface area contributed by atoms with Gasteiger partial charge in [0.15, 0.2) is 18.0 Å². The molecule has 1 saturated heterocycles. The number of ether oxygens (including phenoxy) is 3. The predicted molar refractivity (Wildman–Crippen MR) is 149 cm³/mol. The maximum atomic E-state index is 16.5. The van der Waals surface area contributed by atoms with Gasteiger partial charge >= 0.3 is 17.6 Å². The van der Waals surface area contributed by atoms with Gasteiger partial charge in [-0.1, -0.05) is 54.6 Å². The minimum atomic E-state index is -2.46. The molecule has 1 aromatic heterocycles. The number of alkyl halides is 1. The van der Waals surface area contributed by atoms with Gasteiger partial charge in [0.25, 0.3) is 5.91 Å². The summed E-state index contributed by atoms with van der Waals surface area (Å²) in [5.41, 5.74) is -2.59. The predicted octanol–water partition coefficient (Wildman–Crippen LogP) is 4.20. The van der Waals surface area contributed by atoms with Gasteiger partial charge < -0.3 is 19.5 Å². The van der Waals surface area contributed by atoms with E-state index in [1.54, 1.807) is 78.9 Å². The van der Waals surface area contributed by atoms with Crippen molar-refractivity contribution in [1.29, 1.82) is 0 Å². The van der Waals surface area contributed by atoms with Crippen molar-refractivity contribution in [2.75, 3.05) is 11.9 Å². The summed E-state index contributed by atoms with van der Waals surface area (Å²) in [5, 5.41) is 2.52. The van der Waals surface area contributed by atoms with Gasteiger partial charge in [0.1, 0.15) is 18.5 Å². The van der Waals surface area contributed by atoms with E-state index in [4.69, 9.17) is 14.2 Å². The van der Waals surface area contributed by atoms with Crippen LogP contribution in [0.25, 0.3) is 0 Å². The topological polar surface area (TPSA) is 126 Å². The monoisotopic (exact) mass is 571 g/mol. The fourth-order valence-corrected chi connectivity index (χ4v) is 4.54. The van der Waals surface area contributed by atoms with Crippen LogP contribution in [0.5, 0.6) is 0 Å². The van der Waals surface area contributed by atoms with E-state index in [2.05, 4.69) is 10.3 Å². The second-order valence-corrected chi connectivity index (χ2v) is 9.66. The van der Waals surface area contributed by atoms with E-state index in [9.17, 15) is 19.2 Å². The quantitative estimate of drug-likeness (QED) is 0.312. The lowest BCUT2D eigenvalue weighted by molar-refractivity contribution is -0.0648. The summed E-state index contributed by atoms with van der Waals surface area (Å²) in [6.07, 6.45) is -3.23. The normalized spacial score (nSPS) is 21.3. The molecule has 4 atom stereocenters. The number of benzene rings is 3. The van der Waals surface area contributed by atoms with Crippen LogP contribution in [0.4, 0.5) is 10.2 Å². The molecule has 10 nitrogen and oxygen atoms in total. The molecule has 1 N–H and O–H groups in total. The molecule has 1 amide bonds. The fraction of sp³-hybridized carbons (Fsp3) is 0.194. The third-order valence-corrected chi connectivity index (χ3v) is 6.67. The number of aromatic nitrogens is 2. The smallest absolute Gasteiger partial charge is 0.351 e. The Morgan fingerprint density at radius 3 is 2.00 bits per heavy atom. The van der Waals surface area contributed by atoms with E-state index in [0.717, 1.165) is 11.5 Å². The second kappa shape index (κ2) is 12.1. The molecule has 2 heterocycles. The number of amides is 1. The molecule has 1 unspecified atom stereocenters. The van der Waals surface area contributed by atoms with Crippen molar-refractivity contribution in [3.63, 3.8) is 0 Å². The van der Waals surface area contributed by atoms with Crippen LogP contribution in [0, 0.1) is 0 Å². The van der Waals surface area contributed by atoms with E-state index in [1.165, 1.54) is 24.4 Å². The van der Waals surface area contributed by atoms with Gasteiger partial charge in [0, 0.05) is 11.8 Å². The summed E-state index contributed by atoms with van der Waals surface area (Å²) in [7, 11) is 0. The Balaban J connectivity index is 1.39. The zero-order valence-corrected chi connectivity index (χ0v) is 22.4. The molecule has 0 radical (unpaired) electrons. The van der Waals surface area contributed by atoms with Crippen molar-refractivity contribution in [3.05, 3.63) is 130 Å². The summed E-state index contributed by atoms with van der Waals surface area (Å²) in [4.78, 5) is 54.8. The second-order valence-electron chi connectivity index (χ2n) is 9.66. The van der Waals surface area contributed by atoms with Gasteiger partial charge in [0.05, 0.1) is 11.1 Å². The third-order valence-electron chi connectivity index (χ3n) is 6.67. The highest BCUT2D eigenvalue weighted by Crippen LogP contribution is 2.43. The Hall–Kier alpha value is -5.16. The summed E-state index contributed by atoms with van der Waals surface area (Å²) in [6, 6.07) is 25.8. The minimum absolute atomic E-state index is 0.0518. The first kappa shape index (κ1) is 28.4. The van der Waals surface area contributed by atoms with Crippen LogP contribution in [-0.2, 0) is 14.2 Å². The molecule has 0 bridgehead atoms. The first-order chi connectivity index (χ1) is 20.2. The molecule has 0 saturated carbocycles. The molecule has 214 valence electrons. The lowest BCUT2D eigenvalue weighted by Gasteiger charge is -2.27. The van der Waals surface area contributed by atoms with Crippen LogP contribution in [0.15, 0.2) is 108 Å². The van der Waals surface area contributed by atoms with Crippen LogP contribution in [-0.4, -0.2) is 51.9 Å². The summed E-state index contributed by atoms with van der Waals surface area (Å²) >= 11 is 0. The van der Waals surface area contributed by atoms with E-state index in [0.29, 0.717) is 5.56 Å². The number of nitrogens with zero attached hydrogens (tertiary/aromatic N) is 2. The molecule has 4 aromatic rings. The molecule has 11 heteroatoms. The van der Waals surface area contributed by atoms with Gasteiger partial charge in [-0.3, -0.25) is 9.36 Å². The zero-order valence-electron chi connectivity index (χ0n) is 22.4. The van der Waals surface area contributed by atoms with Crippen molar-refractivity contribution in [1.82, 2.24) is 9.55 Å². The van der Waals surface area contributed by atoms with Crippen LogP contribution >= 0.6 is 0 Å². The summed E-state index contributed by atoms with van der Waals surface area (Å²) in [5.74, 6) is -2.05. The SMILES string of the molecule is C[C@@]1(F)C(n2ccc(NC(=O)c3ccccc3)nc2=O)O[C@H](COC(=O)c2ccccc2)[C@@H]1OC(=O)c1ccccc1. The zero-order chi connectivity index (χ0) is 29.7.